The van der Waals surface area contributed by atoms with Crippen molar-refractivity contribution in [1.29, 1.82) is 0 Å². The molecule has 8 heteroatoms. The fourth-order valence-electron chi connectivity index (χ4n) is 1.81. The zero-order valence-electron chi connectivity index (χ0n) is 12.1. The van der Waals surface area contributed by atoms with E-state index >= 15 is 0 Å². The van der Waals surface area contributed by atoms with Gasteiger partial charge >= 0.3 is 0 Å². The van der Waals surface area contributed by atoms with Crippen LogP contribution in [-0.4, -0.2) is 29.5 Å². The average molecular weight is 320 g/mol. The summed E-state index contributed by atoms with van der Waals surface area (Å²) in [6, 6.07) is 6.18. The van der Waals surface area contributed by atoms with Crippen LogP contribution in [0.4, 0.5) is 5.82 Å². The molecule has 2 rings (SSSR count). The maximum absolute atomic E-state index is 12.1. The van der Waals surface area contributed by atoms with Gasteiger partial charge in [-0.3, -0.25) is 4.79 Å². The van der Waals surface area contributed by atoms with Gasteiger partial charge < -0.3 is 11.5 Å². The quantitative estimate of drug-likeness (QED) is 0.864. The number of benzene rings is 1. The Balaban J connectivity index is 2.44. The van der Waals surface area contributed by atoms with Gasteiger partial charge in [-0.05, 0) is 26.0 Å². The highest BCUT2D eigenvalue weighted by Gasteiger charge is 2.19. The largest absolute Gasteiger partial charge is 0.382 e. The molecule has 22 heavy (non-hydrogen) atoms. The van der Waals surface area contributed by atoms with Crippen LogP contribution in [0.3, 0.4) is 0 Å². The van der Waals surface area contributed by atoms with Crippen LogP contribution in [-0.2, 0) is 9.84 Å². The molecule has 0 fully saturated rings. The third-order valence-corrected chi connectivity index (χ3v) is 5.30. The number of nitrogens with two attached hydrogens (primary N) is 2. The van der Waals surface area contributed by atoms with Gasteiger partial charge in [0.1, 0.15) is 0 Å². The van der Waals surface area contributed by atoms with Crippen molar-refractivity contribution in [3.05, 3.63) is 36.2 Å². The summed E-state index contributed by atoms with van der Waals surface area (Å²) in [4.78, 5) is 19.4. The second-order valence-electron chi connectivity index (χ2n) is 4.97. The number of sulfone groups is 1. The lowest BCUT2D eigenvalue weighted by Gasteiger charge is -2.09. The van der Waals surface area contributed by atoms with E-state index in [1.807, 2.05) is 0 Å². The lowest BCUT2D eigenvalue weighted by molar-refractivity contribution is 0.0996. The minimum atomic E-state index is -3.33. The summed E-state index contributed by atoms with van der Waals surface area (Å²) >= 11 is 0. The monoisotopic (exact) mass is 320 g/mol. The first-order valence-corrected chi connectivity index (χ1v) is 8.04. The summed E-state index contributed by atoms with van der Waals surface area (Å²) in [5.41, 5.74) is 11.6. The molecule has 0 aliphatic heterocycles. The van der Waals surface area contributed by atoms with E-state index in [-0.39, 0.29) is 16.4 Å². The maximum Gasteiger partial charge on any atom is 0.271 e. The van der Waals surface area contributed by atoms with E-state index in [1.54, 1.807) is 26.0 Å². The van der Waals surface area contributed by atoms with Crippen molar-refractivity contribution in [3.63, 3.8) is 0 Å². The van der Waals surface area contributed by atoms with Crippen LogP contribution >= 0.6 is 0 Å². The Morgan fingerprint density at radius 3 is 2.27 bits per heavy atom. The zero-order chi connectivity index (χ0) is 16.5. The average Bonchev–Trinajstić information content (AvgIpc) is 2.47. The van der Waals surface area contributed by atoms with Gasteiger partial charge in [0, 0.05) is 5.56 Å². The number of carbonyl (C=O) groups excluding carboxylic acids is 1. The van der Waals surface area contributed by atoms with Crippen LogP contribution in [0.15, 0.2) is 35.4 Å². The van der Waals surface area contributed by atoms with Crippen LogP contribution in [0.5, 0.6) is 0 Å². The molecule has 7 nitrogen and oxygen atoms in total. The Bertz CT molecular complexity index is 814. The van der Waals surface area contributed by atoms with E-state index in [4.69, 9.17) is 11.5 Å². The van der Waals surface area contributed by atoms with E-state index in [2.05, 4.69) is 9.97 Å². The predicted octanol–water partition coefficient (Wildman–Crippen LogP) is 1.01. The van der Waals surface area contributed by atoms with E-state index in [9.17, 15) is 13.2 Å². The molecule has 0 saturated heterocycles. The molecule has 0 bridgehead atoms. The summed E-state index contributed by atoms with van der Waals surface area (Å²) in [7, 11) is -3.33. The van der Waals surface area contributed by atoms with Gasteiger partial charge in [0.2, 0.25) is 0 Å². The minimum Gasteiger partial charge on any atom is -0.382 e. The first-order chi connectivity index (χ1) is 10.2. The summed E-state index contributed by atoms with van der Waals surface area (Å²) in [6.07, 6.45) is 1.40. The number of rotatable bonds is 4. The Morgan fingerprint density at radius 2 is 1.77 bits per heavy atom. The van der Waals surface area contributed by atoms with Gasteiger partial charge in [-0.25, -0.2) is 18.4 Å². The van der Waals surface area contributed by atoms with Gasteiger partial charge in [-0.2, -0.15) is 0 Å². The number of nitrogen functional groups attached to an aromatic ring is 1. The van der Waals surface area contributed by atoms with Crippen molar-refractivity contribution in [1.82, 2.24) is 9.97 Å². The molecule has 1 amide bonds. The number of aromatic nitrogens is 2. The van der Waals surface area contributed by atoms with Crippen molar-refractivity contribution in [2.24, 2.45) is 5.73 Å². The topological polar surface area (TPSA) is 129 Å². The minimum absolute atomic E-state index is 0.0461. The fraction of sp³-hybridized carbons (Fsp3) is 0.214. The van der Waals surface area contributed by atoms with E-state index in [0.717, 1.165) is 0 Å². The van der Waals surface area contributed by atoms with Gasteiger partial charge in [-0.1, -0.05) is 12.1 Å². The van der Waals surface area contributed by atoms with Crippen molar-refractivity contribution in [2.75, 3.05) is 5.73 Å². The first-order valence-electron chi connectivity index (χ1n) is 6.50. The normalized spacial score (nSPS) is 11.6. The molecule has 1 heterocycles. The Hall–Kier alpha value is -2.48. The zero-order valence-corrected chi connectivity index (χ0v) is 13.0. The number of carbonyl (C=O) groups is 1. The molecule has 0 atom stereocenters. The van der Waals surface area contributed by atoms with Crippen molar-refractivity contribution in [2.45, 2.75) is 24.0 Å². The van der Waals surface area contributed by atoms with Gasteiger partial charge in [0.25, 0.3) is 5.91 Å². The van der Waals surface area contributed by atoms with Crippen LogP contribution in [0, 0.1) is 0 Å². The molecule has 116 valence electrons. The molecule has 4 N–H and O–H groups in total. The van der Waals surface area contributed by atoms with Crippen molar-refractivity contribution >= 4 is 21.6 Å². The summed E-state index contributed by atoms with van der Waals surface area (Å²) < 4.78 is 24.1. The summed E-state index contributed by atoms with van der Waals surface area (Å²) in [5.74, 6) is -0.818. The molecule has 0 unspecified atom stereocenters. The lowest BCUT2D eigenvalue weighted by atomic mass is 10.1. The molecule has 0 radical (unpaired) electrons. The molecule has 0 spiro atoms. The Labute approximate surface area is 128 Å². The van der Waals surface area contributed by atoms with E-state index < -0.39 is 21.0 Å². The van der Waals surface area contributed by atoms with E-state index in [1.165, 1.54) is 18.3 Å². The van der Waals surface area contributed by atoms with Crippen LogP contribution < -0.4 is 11.5 Å². The van der Waals surface area contributed by atoms with Gasteiger partial charge in [0.05, 0.1) is 22.0 Å². The number of hydrogen-bond acceptors (Lipinski definition) is 6. The predicted molar refractivity (Wildman–Crippen MR) is 82.7 cm³/mol. The third kappa shape index (κ3) is 2.91. The SMILES string of the molecule is CC(C)S(=O)(=O)c1ccc(-c2cnc(N)c(C(N)=O)n2)cc1. The Kier molecular flexibility index (Phi) is 4.14. The summed E-state index contributed by atoms with van der Waals surface area (Å²) in [5, 5.41) is -0.504. The molecule has 1 aromatic heterocycles. The highest BCUT2D eigenvalue weighted by Crippen LogP contribution is 2.22. The highest BCUT2D eigenvalue weighted by atomic mass is 32.2. The fourth-order valence-corrected chi connectivity index (χ4v) is 2.87. The molecule has 2 aromatic rings. The number of anilines is 1. The van der Waals surface area contributed by atoms with Crippen molar-refractivity contribution in [3.8, 4) is 11.3 Å². The smallest absolute Gasteiger partial charge is 0.271 e. The first kappa shape index (κ1) is 15.9. The molecular weight excluding hydrogens is 304 g/mol. The molecule has 1 aromatic carbocycles. The number of hydrogen-bond donors (Lipinski definition) is 2. The van der Waals surface area contributed by atoms with Crippen LogP contribution in [0.25, 0.3) is 11.3 Å². The molecule has 0 saturated carbocycles. The lowest BCUT2D eigenvalue weighted by Crippen LogP contribution is -2.17. The van der Waals surface area contributed by atoms with Gasteiger partial charge in [0.15, 0.2) is 21.3 Å². The van der Waals surface area contributed by atoms with Crippen LogP contribution in [0.1, 0.15) is 24.3 Å². The van der Waals surface area contributed by atoms with E-state index in [0.29, 0.717) is 11.3 Å². The maximum atomic E-state index is 12.1. The van der Waals surface area contributed by atoms with Gasteiger partial charge in [-0.15, -0.1) is 0 Å². The molecule has 0 aliphatic carbocycles. The van der Waals surface area contributed by atoms with Crippen LogP contribution in [0.2, 0.25) is 0 Å². The third-order valence-electron chi connectivity index (χ3n) is 3.13. The molecular formula is C14H16N4O3S. The van der Waals surface area contributed by atoms with Crippen molar-refractivity contribution < 1.29 is 13.2 Å². The second-order valence-corrected chi connectivity index (χ2v) is 7.48. The second kappa shape index (κ2) is 5.72. The number of primary amides is 1. The molecule has 0 aliphatic rings. The Morgan fingerprint density at radius 1 is 1.18 bits per heavy atom. The standard InChI is InChI=1S/C14H16N4O3S/c1-8(2)22(20,21)10-5-3-9(4-6-10)11-7-17-13(15)12(18-11)14(16)19/h3-8H,1-2H3,(H2,15,17)(H2,16,19). The number of nitrogens with zero attached hydrogens (tertiary/aromatic N) is 2. The summed E-state index contributed by atoms with van der Waals surface area (Å²) in [6.45, 7) is 3.24. The highest BCUT2D eigenvalue weighted by molar-refractivity contribution is 7.92. The number of amides is 1.